The van der Waals surface area contributed by atoms with E-state index in [-0.39, 0.29) is 98.1 Å². The summed E-state index contributed by atoms with van der Waals surface area (Å²) in [6.45, 7) is 65.2. The molecule has 0 saturated carbocycles. The topological polar surface area (TPSA) is 226 Å². The predicted octanol–water partition coefficient (Wildman–Crippen LogP) is 10.8. The predicted molar refractivity (Wildman–Crippen MR) is 300 cm³/mol. The first-order valence-corrected chi connectivity index (χ1v) is 40.6. The first-order chi connectivity index (χ1) is 31.0. The van der Waals surface area contributed by atoms with E-state index in [1.807, 2.05) is 166 Å². The van der Waals surface area contributed by atoms with Crippen molar-refractivity contribution in [3.63, 3.8) is 0 Å². The van der Waals surface area contributed by atoms with Crippen LogP contribution in [-0.2, 0) is 99.5 Å². The third kappa shape index (κ3) is 94.6. The molecule has 0 unspecified atom stereocenters. The fraction of sp³-hybridized carbons (Fsp3) is 0.955. The third-order valence-electron chi connectivity index (χ3n) is 4.62. The Kier molecular flexibility index (Phi) is 68.8. The van der Waals surface area contributed by atoms with Gasteiger partial charge in [-0.05, 0) is 166 Å². The van der Waals surface area contributed by atoms with Crippen LogP contribution in [0.15, 0.2) is 0 Å². The SMILES string of the molecule is CC(C)O[Si](O)(OC(C)C)OC(C)C.CC(C)O[Si](O)(OC(C)C)OC(C)C.CC(C)O[Si](O)(OC(C)C)OC(C)C.CC(C)O[Si](O)(OC(C)C)OC(C)C.Cl.Cl.[CH2-][Si](C)(C)C.[CH2-][Si](C)(C)C.[O]=[W].[O]=[W]. The first kappa shape index (κ1) is 96.5. The van der Waals surface area contributed by atoms with Crippen LogP contribution in [0.25, 0.3) is 0 Å². The molecular weight excluding hydrogens is 1420 g/mol. The molecule has 0 rings (SSSR count). The number of halogens is 2. The van der Waals surface area contributed by atoms with E-state index < -0.39 is 52.3 Å². The summed E-state index contributed by atoms with van der Waals surface area (Å²) in [7, 11) is -15.5. The second-order valence-electron chi connectivity index (χ2n) is 21.2. The van der Waals surface area contributed by atoms with Gasteiger partial charge in [0.1, 0.15) is 0 Å². The molecule has 0 heterocycles. The molecule has 0 saturated heterocycles. The fourth-order valence-electron chi connectivity index (χ4n) is 3.91. The molecule has 0 amide bonds. The molecular formula is C44H112Cl2O18Si6W2-2. The Hall–Kier alpha value is 2.22. The van der Waals surface area contributed by atoms with Gasteiger partial charge in [0.2, 0.25) is 0 Å². The van der Waals surface area contributed by atoms with Gasteiger partial charge >= 0.3 is 82.5 Å². The van der Waals surface area contributed by atoms with Gasteiger partial charge in [0.05, 0.1) is 0 Å². The maximum absolute atomic E-state index is 9.99. The fourth-order valence-corrected chi connectivity index (χ4v) is 11.7. The summed E-state index contributed by atoms with van der Waals surface area (Å²) >= 11 is 0.667. The molecule has 448 valence electrons. The van der Waals surface area contributed by atoms with Gasteiger partial charge in [0, 0.05) is 73.2 Å². The van der Waals surface area contributed by atoms with E-state index >= 15 is 0 Å². The summed E-state index contributed by atoms with van der Waals surface area (Å²) in [5.74, 6) is 0. The Morgan fingerprint density at radius 2 is 0.292 bits per heavy atom. The van der Waals surface area contributed by atoms with Crippen molar-refractivity contribution in [2.45, 2.75) is 279 Å². The van der Waals surface area contributed by atoms with Gasteiger partial charge in [0.25, 0.3) is 0 Å². The normalized spacial score (nSPS) is 12.1. The third-order valence-corrected chi connectivity index (χ3v) is 13.8. The Bertz CT molecular complexity index is 888. The van der Waals surface area contributed by atoms with Crippen LogP contribution in [0, 0.1) is 13.1 Å². The van der Waals surface area contributed by atoms with E-state index in [2.05, 4.69) is 52.4 Å². The second-order valence-corrected chi connectivity index (χ2v) is 38.5. The molecule has 28 heteroatoms. The maximum atomic E-state index is 9.99. The Balaban J connectivity index is -0.0000000810. The van der Waals surface area contributed by atoms with E-state index in [4.69, 9.17) is 59.9 Å². The summed E-state index contributed by atoms with van der Waals surface area (Å²) < 4.78 is 80.4. The quantitative estimate of drug-likeness (QED) is 0.0521. The van der Waals surface area contributed by atoms with Crippen LogP contribution in [0.2, 0.25) is 39.3 Å². The van der Waals surface area contributed by atoms with Crippen LogP contribution >= 0.6 is 24.8 Å². The monoisotopic (exact) mass is 1530 g/mol. The summed E-state index contributed by atoms with van der Waals surface area (Å²) in [5.41, 5.74) is 0. The molecule has 0 aliphatic rings. The summed E-state index contributed by atoms with van der Waals surface area (Å²) in [6, 6.07) is 0. The standard InChI is InChI=1S/4C9H22O4Si.2C4H11Si.2ClH.2O.2W/c4*1-7(2)11-14(10,12-8(3)4)13-9(5)6;2*1-5(2,3)4;;;;;;/h4*7-10H,1-6H3;2*1H2,2-4H3;2*1H;;;;/q;;;;2*-1;;;;;;. The van der Waals surface area contributed by atoms with Crippen molar-refractivity contribution in [2.75, 3.05) is 0 Å². The van der Waals surface area contributed by atoms with Crippen LogP contribution < -0.4 is 0 Å². The molecule has 0 aromatic carbocycles. The molecule has 0 aromatic heterocycles. The Labute approximate surface area is 484 Å². The van der Waals surface area contributed by atoms with Gasteiger partial charge in [-0.1, -0.05) is 39.3 Å². The molecule has 0 fully saturated rings. The molecule has 0 bridgehead atoms. The molecule has 72 heavy (non-hydrogen) atoms. The Morgan fingerprint density at radius 3 is 0.319 bits per heavy atom. The van der Waals surface area contributed by atoms with E-state index in [9.17, 15) is 19.2 Å². The van der Waals surface area contributed by atoms with Crippen LogP contribution in [-0.4, -0.2) is 145 Å². The van der Waals surface area contributed by atoms with Gasteiger partial charge in [0.15, 0.2) is 0 Å². The molecule has 0 spiro atoms. The van der Waals surface area contributed by atoms with E-state index in [1.165, 1.54) is 0 Å². The van der Waals surface area contributed by atoms with E-state index in [0.717, 1.165) is 0 Å². The van der Waals surface area contributed by atoms with Gasteiger partial charge in [-0.2, -0.15) is 0 Å². The van der Waals surface area contributed by atoms with Gasteiger partial charge < -0.3 is 85.4 Å². The molecule has 0 radical (unpaired) electrons. The number of hydrogen-bond donors (Lipinski definition) is 4. The number of hydrogen-bond acceptors (Lipinski definition) is 18. The molecule has 0 aliphatic heterocycles. The molecule has 4 N–H and O–H groups in total. The van der Waals surface area contributed by atoms with Gasteiger partial charge in [-0.15, -0.1) is 41.0 Å². The zero-order valence-electron chi connectivity index (χ0n) is 50.5. The Morgan fingerprint density at radius 1 is 0.250 bits per heavy atom. The zero-order chi connectivity index (χ0) is 58.4. The van der Waals surface area contributed by atoms with E-state index in [1.54, 1.807) is 0 Å². The second kappa shape index (κ2) is 51.4. The van der Waals surface area contributed by atoms with Crippen molar-refractivity contribution in [1.29, 1.82) is 0 Å². The minimum atomic E-state index is -3.44. The van der Waals surface area contributed by atoms with Crippen molar-refractivity contribution in [3.8, 4) is 0 Å². The van der Waals surface area contributed by atoms with Gasteiger partial charge in [-0.3, -0.25) is 0 Å². The average molecular weight is 1540 g/mol. The van der Waals surface area contributed by atoms with Crippen molar-refractivity contribution in [2.24, 2.45) is 0 Å². The van der Waals surface area contributed by atoms with Crippen molar-refractivity contribution < 1.29 is 119 Å². The first-order valence-electron chi connectivity index (χ1n) is 24.1. The van der Waals surface area contributed by atoms with Crippen LogP contribution in [0.1, 0.15) is 166 Å². The van der Waals surface area contributed by atoms with Crippen LogP contribution in [0.3, 0.4) is 0 Å². The molecule has 18 nitrogen and oxygen atoms in total. The summed E-state index contributed by atoms with van der Waals surface area (Å²) in [5, 5.41) is 0. The van der Waals surface area contributed by atoms with Crippen LogP contribution in [0.4, 0.5) is 0 Å². The average Bonchev–Trinajstić information content (AvgIpc) is 3.00. The molecule has 0 atom stereocenters. The van der Waals surface area contributed by atoms with Crippen molar-refractivity contribution >= 4 is 77.2 Å². The van der Waals surface area contributed by atoms with Crippen molar-refractivity contribution in [1.82, 2.24) is 0 Å². The molecule has 0 aliphatic carbocycles. The summed E-state index contributed by atoms with van der Waals surface area (Å²) in [4.78, 5) is 40.0. The summed E-state index contributed by atoms with van der Waals surface area (Å²) in [6.07, 6.45) is -1.29. The van der Waals surface area contributed by atoms with Gasteiger partial charge in [-0.25, -0.2) is 0 Å². The van der Waals surface area contributed by atoms with Crippen molar-refractivity contribution in [3.05, 3.63) is 13.1 Å². The molecule has 0 aromatic rings. The minimum absolute atomic E-state index is 0. The van der Waals surface area contributed by atoms with Crippen LogP contribution in [0.5, 0.6) is 0 Å². The number of rotatable bonds is 24. The van der Waals surface area contributed by atoms with E-state index in [0.29, 0.717) is 39.6 Å². The zero-order valence-corrected chi connectivity index (χ0v) is 64.0.